The van der Waals surface area contributed by atoms with Crippen molar-refractivity contribution in [3.8, 4) is 0 Å². The largest absolute Gasteiger partial charge is 0.313 e. The van der Waals surface area contributed by atoms with E-state index in [1.807, 2.05) is 0 Å². The van der Waals surface area contributed by atoms with Crippen LogP contribution in [-0.4, -0.2) is 25.2 Å². The van der Waals surface area contributed by atoms with E-state index in [1.54, 1.807) is 0 Å². The maximum atomic E-state index is 3.91. The van der Waals surface area contributed by atoms with Gasteiger partial charge in [0.1, 0.15) is 0 Å². The van der Waals surface area contributed by atoms with Crippen molar-refractivity contribution in [3.63, 3.8) is 0 Å². The third-order valence-corrected chi connectivity index (χ3v) is 7.85. The molecule has 0 saturated heterocycles. The van der Waals surface area contributed by atoms with E-state index < -0.39 is 0 Å². The lowest BCUT2D eigenvalue weighted by molar-refractivity contribution is 0.121. The second-order valence-electron chi connectivity index (χ2n) is 9.11. The molecule has 0 aromatic rings. The Kier molecular flexibility index (Phi) is 5.19. The minimum absolute atomic E-state index is 0.526. The summed E-state index contributed by atoms with van der Waals surface area (Å²) in [7, 11) is 0. The Morgan fingerprint density at radius 2 is 1.45 bits per heavy atom. The van der Waals surface area contributed by atoms with E-state index in [9.17, 15) is 0 Å². The molecule has 3 fully saturated rings. The lowest BCUT2D eigenvalue weighted by Gasteiger charge is -2.39. The Bertz CT molecular complexity index is 357. The summed E-state index contributed by atoms with van der Waals surface area (Å²) in [6.45, 7) is 9.88. The quantitative estimate of drug-likeness (QED) is 0.731. The topological polar surface area (TPSA) is 24.1 Å². The molecule has 2 N–H and O–H groups in total. The fourth-order valence-electron chi connectivity index (χ4n) is 5.70. The second-order valence-corrected chi connectivity index (χ2v) is 9.11. The first-order valence-electron chi connectivity index (χ1n) is 10.0. The van der Waals surface area contributed by atoms with Crippen molar-refractivity contribution in [1.29, 1.82) is 0 Å². The fraction of sp³-hybridized carbons (Fsp3) is 1.00. The Balaban J connectivity index is 1.39. The number of hydrogen-bond acceptors (Lipinski definition) is 2. The number of fused-ring (bicyclic) bond motifs is 2. The van der Waals surface area contributed by atoms with E-state index in [1.165, 1.54) is 64.2 Å². The molecule has 3 aliphatic carbocycles. The molecule has 2 bridgehead atoms. The first-order chi connectivity index (χ1) is 10.5. The number of nitrogens with one attached hydrogen (secondary N) is 2. The minimum atomic E-state index is 0.526. The van der Waals surface area contributed by atoms with Gasteiger partial charge in [0.2, 0.25) is 0 Å². The van der Waals surface area contributed by atoms with Gasteiger partial charge in [-0.1, -0.05) is 52.9 Å². The molecule has 128 valence electrons. The molecule has 0 amide bonds. The van der Waals surface area contributed by atoms with Gasteiger partial charge in [0.15, 0.2) is 0 Å². The lowest BCUT2D eigenvalue weighted by Crippen LogP contribution is -2.47. The van der Waals surface area contributed by atoms with Gasteiger partial charge in [0, 0.05) is 25.2 Å². The summed E-state index contributed by atoms with van der Waals surface area (Å²) in [5.41, 5.74) is 1.07. The van der Waals surface area contributed by atoms with Crippen LogP contribution in [-0.2, 0) is 0 Å². The van der Waals surface area contributed by atoms with Gasteiger partial charge in [0.25, 0.3) is 0 Å². The summed E-state index contributed by atoms with van der Waals surface area (Å²) in [6.07, 6.45) is 14.3. The van der Waals surface area contributed by atoms with Crippen molar-refractivity contribution < 1.29 is 0 Å². The van der Waals surface area contributed by atoms with Crippen molar-refractivity contribution in [2.45, 2.75) is 97.1 Å². The fourth-order valence-corrected chi connectivity index (χ4v) is 5.70. The predicted octanol–water partition coefficient (Wildman–Crippen LogP) is 4.49. The van der Waals surface area contributed by atoms with E-state index in [4.69, 9.17) is 0 Å². The van der Waals surface area contributed by atoms with Gasteiger partial charge in [-0.25, -0.2) is 0 Å². The van der Waals surface area contributed by atoms with Crippen LogP contribution in [0.4, 0.5) is 0 Å². The van der Waals surface area contributed by atoms with Gasteiger partial charge in [-0.05, 0) is 48.9 Å². The van der Waals surface area contributed by atoms with E-state index in [2.05, 4.69) is 31.4 Å². The number of rotatable bonds is 5. The van der Waals surface area contributed by atoms with Crippen LogP contribution in [0.25, 0.3) is 0 Å². The number of hydrogen-bond donors (Lipinski definition) is 2. The molecule has 3 aliphatic rings. The molecule has 2 nitrogen and oxygen atoms in total. The molecule has 0 heterocycles. The van der Waals surface area contributed by atoms with Gasteiger partial charge >= 0.3 is 0 Å². The van der Waals surface area contributed by atoms with Gasteiger partial charge in [-0.2, -0.15) is 0 Å². The molecule has 3 saturated carbocycles. The molecule has 2 heteroatoms. The van der Waals surface area contributed by atoms with Crippen LogP contribution in [0.2, 0.25) is 0 Å². The minimum Gasteiger partial charge on any atom is -0.313 e. The van der Waals surface area contributed by atoms with Gasteiger partial charge in [-0.15, -0.1) is 0 Å². The zero-order valence-corrected chi connectivity index (χ0v) is 15.2. The normalized spacial score (nSPS) is 38.9. The summed E-state index contributed by atoms with van der Waals surface area (Å²) < 4.78 is 0. The van der Waals surface area contributed by atoms with Crippen LogP contribution < -0.4 is 10.6 Å². The summed E-state index contributed by atoms with van der Waals surface area (Å²) >= 11 is 0. The summed E-state index contributed by atoms with van der Waals surface area (Å²) in [5.74, 6) is 0.952. The van der Waals surface area contributed by atoms with Crippen LogP contribution in [0.3, 0.4) is 0 Å². The lowest BCUT2D eigenvalue weighted by atomic mass is 9.69. The van der Waals surface area contributed by atoms with Crippen molar-refractivity contribution >= 4 is 0 Å². The van der Waals surface area contributed by atoms with Crippen LogP contribution >= 0.6 is 0 Å². The molecule has 22 heavy (non-hydrogen) atoms. The monoisotopic (exact) mass is 306 g/mol. The first-order valence-corrected chi connectivity index (χ1v) is 10.0. The zero-order chi connectivity index (χ0) is 15.6. The summed E-state index contributed by atoms with van der Waals surface area (Å²) in [5, 5.41) is 7.74. The Morgan fingerprint density at radius 1 is 0.818 bits per heavy atom. The highest BCUT2D eigenvalue weighted by Crippen LogP contribution is 2.65. The predicted molar refractivity (Wildman–Crippen MR) is 95.1 cm³/mol. The smallest absolute Gasteiger partial charge is 0.0129 e. The van der Waals surface area contributed by atoms with Gasteiger partial charge in [0.05, 0.1) is 0 Å². The molecular weight excluding hydrogens is 268 g/mol. The third kappa shape index (κ3) is 3.11. The van der Waals surface area contributed by atoms with Crippen LogP contribution in [0.1, 0.15) is 85.0 Å². The molecule has 3 rings (SSSR count). The Hall–Kier alpha value is -0.0800. The average Bonchev–Trinajstić information content (AvgIpc) is 2.78. The van der Waals surface area contributed by atoms with E-state index in [-0.39, 0.29) is 0 Å². The first kappa shape index (κ1) is 16.8. The van der Waals surface area contributed by atoms with Crippen molar-refractivity contribution in [2.75, 3.05) is 13.1 Å². The van der Waals surface area contributed by atoms with Crippen LogP contribution in [0.5, 0.6) is 0 Å². The van der Waals surface area contributed by atoms with Crippen molar-refractivity contribution in [1.82, 2.24) is 10.6 Å². The van der Waals surface area contributed by atoms with E-state index >= 15 is 0 Å². The Labute approximate surface area is 138 Å². The molecule has 0 radical (unpaired) electrons. The molecular formula is C20H38N2. The molecule has 0 spiro atoms. The maximum absolute atomic E-state index is 3.91. The average molecular weight is 307 g/mol. The molecule has 0 aromatic heterocycles. The second kappa shape index (κ2) is 6.81. The van der Waals surface area contributed by atoms with E-state index in [0.29, 0.717) is 10.8 Å². The van der Waals surface area contributed by atoms with Crippen LogP contribution in [0, 0.1) is 16.7 Å². The highest BCUT2D eigenvalue weighted by atomic mass is 15.0. The van der Waals surface area contributed by atoms with E-state index in [0.717, 1.165) is 31.1 Å². The highest BCUT2D eigenvalue weighted by molar-refractivity contribution is 5.12. The van der Waals surface area contributed by atoms with Gasteiger partial charge < -0.3 is 10.6 Å². The maximum Gasteiger partial charge on any atom is 0.0129 e. The Morgan fingerprint density at radius 3 is 2.05 bits per heavy atom. The summed E-state index contributed by atoms with van der Waals surface area (Å²) in [6, 6.07) is 1.54. The third-order valence-electron chi connectivity index (χ3n) is 7.85. The van der Waals surface area contributed by atoms with Crippen molar-refractivity contribution in [3.05, 3.63) is 0 Å². The molecule has 0 aliphatic heterocycles. The molecule has 3 unspecified atom stereocenters. The highest BCUT2D eigenvalue weighted by Gasteiger charge is 2.60. The van der Waals surface area contributed by atoms with Crippen molar-refractivity contribution in [2.24, 2.45) is 16.7 Å². The van der Waals surface area contributed by atoms with Crippen LogP contribution in [0.15, 0.2) is 0 Å². The molecule has 3 atom stereocenters. The SMILES string of the molecule is CC1(C)C2CCC1(C)C(NCCNC1CCCCCCC1)C2. The standard InChI is InChI=1S/C20H38N2/c1-19(2)16-11-12-20(19,3)18(15-16)22-14-13-21-17-9-7-5-4-6-8-10-17/h16-18,21-22H,4-15H2,1-3H3. The summed E-state index contributed by atoms with van der Waals surface area (Å²) in [4.78, 5) is 0. The molecule has 0 aromatic carbocycles. The van der Waals surface area contributed by atoms with Gasteiger partial charge in [-0.3, -0.25) is 0 Å². The zero-order valence-electron chi connectivity index (χ0n) is 15.2.